The molecule has 0 aliphatic carbocycles. The van der Waals surface area contributed by atoms with Crippen molar-refractivity contribution in [2.45, 2.75) is 37.9 Å². The Morgan fingerprint density at radius 2 is 1.45 bits per heavy atom. The summed E-state index contributed by atoms with van der Waals surface area (Å²) in [4.78, 5) is 0. The summed E-state index contributed by atoms with van der Waals surface area (Å²) in [6.07, 6.45) is 1.64. The van der Waals surface area contributed by atoms with Gasteiger partial charge in [0.15, 0.2) is 0 Å². The van der Waals surface area contributed by atoms with Crippen molar-refractivity contribution in [3.8, 4) is 0 Å². The summed E-state index contributed by atoms with van der Waals surface area (Å²) in [7, 11) is 0. The fourth-order valence-corrected chi connectivity index (χ4v) is 1.45. The van der Waals surface area contributed by atoms with Gasteiger partial charge in [-0.15, -0.1) is 0 Å². The summed E-state index contributed by atoms with van der Waals surface area (Å²) < 4.78 is 5.53. The van der Waals surface area contributed by atoms with E-state index in [1.54, 1.807) is 0 Å². The van der Waals surface area contributed by atoms with Crippen molar-refractivity contribution >= 4 is 0 Å². The third-order valence-corrected chi connectivity index (χ3v) is 2.34. The van der Waals surface area contributed by atoms with Crippen LogP contribution in [0, 0.1) is 0 Å². The second-order valence-corrected chi connectivity index (χ2v) is 3.82. The van der Waals surface area contributed by atoms with Crippen LogP contribution in [0.5, 0.6) is 0 Å². The topological polar surface area (TPSA) is 49.7 Å². The van der Waals surface area contributed by atoms with Crippen molar-refractivity contribution < 1.29 is 14.9 Å². The highest BCUT2D eigenvalue weighted by atomic mass is 16.5. The molecule has 3 nitrogen and oxygen atoms in total. The van der Waals surface area contributed by atoms with Gasteiger partial charge in [-0.05, 0) is 26.7 Å². The Morgan fingerprint density at radius 1 is 1.09 bits per heavy atom. The lowest BCUT2D eigenvalue weighted by atomic mass is 9.99. The molecule has 66 valence electrons. The molecule has 1 saturated heterocycles. The van der Waals surface area contributed by atoms with E-state index in [1.807, 2.05) is 13.8 Å². The normalized spacial score (nSPS) is 44.7. The Morgan fingerprint density at radius 3 is 1.64 bits per heavy atom. The van der Waals surface area contributed by atoms with Gasteiger partial charge in [0.05, 0.1) is 24.4 Å². The van der Waals surface area contributed by atoms with Gasteiger partial charge in [0.2, 0.25) is 0 Å². The molecule has 2 unspecified atom stereocenters. The lowest BCUT2D eigenvalue weighted by molar-refractivity contribution is -0.124. The van der Waals surface area contributed by atoms with Crippen molar-refractivity contribution in [3.63, 3.8) is 0 Å². The molecule has 3 heteroatoms. The van der Waals surface area contributed by atoms with Gasteiger partial charge >= 0.3 is 0 Å². The summed E-state index contributed by atoms with van der Waals surface area (Å²) in [5, 5.41) is 17.9. The van der Waals surface area contributed by atoms with Crippen LogP contribution < -0.4 is 0 Å². The second kappa shape index (κ2) is 2.73. The monoisotopic (exact) mass is 160 g/mol. The number of ether oxygens (including phenoxy) is 1. The van der Waals surface area contributed by atoms with Crippen LogP contribution in [-0.2, 0) is 4.74 Å². The molecule has 0 aromatic carbocycles. The molecule has 0 aromatic rings. The van der Waals surface area contributed by atoms with Crippen LogP contribution in [0.2, 0.25) is 0 Å². The first-order chi connectivity index (χ1) is 5.04. The summed E-state index contributed by atoms with van der Waals surface area (Å²) in [5.74, 6) is 0. The number of hydrogen-bond donors (Lipinski definition) is 2. The maximum Gasteiger partial charge on any atom is 0.0893 e. The average molecular weight is 160 g/mol. The first-order valence-electron chi connectivity index (χ1n) is 3.95. The van der Waals surface area contributed by atoms with E-state index in [-0.39, 0.29) is 13.2 Å². The van der Waals surface area contributed by atoms with E-state index >= 15 is 0 Å². The SMILES string of the molecule is CC1(CO)CCC(C)(CO)O1. The number of aliphatic hydroxyl groups is 2. The van der Waals surface area contributed by atoms with Gasteiger partial charge < -0.3 is 14.9 Å². The van der Waals surface area contributed by atoms with Crippen LogP contribution >= 0.6 is 0 Å². The molecule has 11 heavy (non-hydrogen) atoms. The minimum Gasteiger partial charge on any atom is -0.393 e. The molecule has 2 atom stereocenters. The third kappa shape index (κ3) is 1.72. The summed E-state index contributed by atoms with van der Waals surface area (Å²) in [5.41, 5.74) is -0.866. The highest BCUT2D eigenvalue weighted by molar-refractivity contribution is 4.91. The Hall–Kier alpha value is -0.120. The zero-order valence-electron chi connectivity index (χ0n) is 7.13. The zero-order valence-corrected chi connectivity index (χ0v) is 7.13. The molecule has 0 saturated carbocycles. The number of rotatable bonds is 2. The van der Waals surface area contributed by atoms with Gasteiger partial charge in [-0.3, -0.25) is 0 Å². The van der Waals surface area contributed by atoms with E-state index in [0.29, 0.717) is 0 Å². The lowest BCUT2D eigenvalue weighted by Crippen LogP contribution is -2.36. The highest BCUT2D eigenvalue weighted by Gasteiger charge is 2.42. The van der Waals surface area contributed by atoms with Gasteiger partial charge in [0.1, 0.15) is 0 Å². The maximum absolute atomic E-state index is 8.95. The van der Waals surface area contributed by atoms with Crippen molar-refractivity contribution in [2.24, 2.45) is 0 Å². The lowest BCUT2D eigenvalue weighted by Gasteiger charge is -2.27. The van der Waals surface area contributed by atoms with E-state index in [0.717, 1.165) is 12.8 Å². The fraction of sp³-hybridized carbons (Fsp3) is 1.00. The molecule has 0 bridgehead atoms. The van der Waals surface area contributed by atoms with Crippen molar-refractivity contribution in [1.82, 2.24) is 0 Å². The predicted octanol–water partition coefficient (Wildman–Crippen LogP) is 0.299. The zero-order chi connectivity index (χ0) is 8.54. The van der Waals surface area contributed by atoms with Crippen molar-refractivity contribution in [3.05, 3.63) is 0 Å². The van der Waals surface area contributed by atoms with E-state index in [9.17, 15) is 0 Å². The number of hydrogen-bond acceptors (Lipinski definition) is 3. The molecule has 0 aromatic heterocycles. The van der Waals surface area contributed by atoms with Crippen LogP contribution in [0.3, 0.4) is 0 Å². The van der Waals surface area contributed by atoms with E-state index in [2.05, 4.69) is 0 Å². The molecule has 0 amide bonds. The molecule has 1 heterocycles. The minimum atomic E-state index is -0.433. The molecule has 1 fully saturated rings. The van der Waals surface area contributed by atoms with Crippen LogP contribution in [0.15, 0.2) is 0 Å². The van der Waals surface area contributed by atoms with Gasteiger partial charge in [-0.25, -0.2) is 0 Å². The standard InChI is InChI=1S/C8H16O3/c1-7(5-9)3-4-8(2,6-10)11-7/h9-10H,3-6H2,1-2H3. The molecule has 2 N–H and O–H groups in total. The predicted molar refractivity (Wildman–Crippen MR) is 41.3 cm³/mol. The molecule has 1 rings (SSSR count). The summed E-state index contributed by atoms with van der Waals surface area (Å²) in [6, 6.07) is 0. The first kappa shape index (κ1) is 8.97. The summed E-state index contributed by atoms with van der Waals surface area (Å²) in [6.45, 7) is 3.80. The third-order valence-electron chi connectivity index (χ3n) is 2.34. The van der Waals surface area contributed by atoms with Crippen LogP contribution in [0.1, 0.15) is 26.7 Å². The van der Waals surface area contributed by atoms with Gasteiger partial charge in [-0.2, -0.15) is 0 Å². The minimum absolute atomic E-state index is 0.0303. The first-order valence-corrected chi connectivity index (χ1v) is 3.95. The Bertz CT molecular complexity index is 132. The van der Waals surface area contributed by atoms with Crippen LogP contribution in [0.25, 0.3) is 0 Å². The Labute approximate surface area is 67.0 Å². The largest absolute Gasteiger partial charge is 0.393 e. The maximum atomic E-state index is 8.95. The van der Waals surface area contributed by atoms with Gasteiger partial charge in [0, 0.05) is 0 Å². The molecule has 0 spiro atoms. The van der Waals surface area contributed by atoms with Gasteiger partial charge in [0.25, 0.3) is 0 Å². The fourth-order valence-electron chi connectivity index (χ4n) is 1.45. The molecule has 1 aliphatic heterocycles. The number of aliphatic hydroxyl groups excluding tert-OH is 2. The van der Waals surface area contributed by atoms with E-state index in [4.69, 9.17) is 14.9 Å². The molecule has 0 radical (unpaired) electrons. The molecule has 1 aliphatic rings. The Kier molecular flexibility index (Phi) is 2.23. The van der Waals surface area contributed by atoms with Gasteiger partial charge in [-0.1, -0.05) is 0 Å². The smallest absolute Gasteiger partial charge is 0.0893 e. The highest BCUT2D eigenvalue weighted by Crippen LogP contribution is 2.36. The van der Waals surface area contributed by atoms with Crippen molar-refractivity contribution in [2.75, 3.05) is 13.2 Å². The van der Waals surface area contributed by atoms with E-state index in [1.165, 1.54) is 0 Å². The quantitative estimate of drug-likeness (QED) is 0.610. The second-order valence-electron chi connectivity index (χ2n) is 3.82. The molecular weight excluding hydrogens is 144 g/mol. The van der Waals surface area contributed by atoms with Crippen LogP contribution in [-0.4, -0.2) is 34.6 Å². The van der Waals surface area contributed by atoms with Crippen LogP contribution in [0.4, 0.5) is 0 Å². The molecular formula is C8H16O3. The average Bonchev–Trinajstić information content (AvgIpc) is 2.30. The van der Waals surface area contributed by atoms with E-state index < -0.39 is 11.2 Å². The van der Waals surface area contributed by atoms with Crippen molar-refractivity contribution in [1.29, 1.82) is 0 Å². The summed E-state index contributed by atoms with van der Waals surface area (Å²) >= 11 is 0. The Balaban J connectivity index is 2.58.